The molecular formula is C21H19F2NO2. The van der Waals surface area contributed by atoms with Gasteiger partial charge in [0, 0.05) is 23.2 Å². The van der Waals surface area contributed by atoms with Crippen LogP contribution in [-0.2, 0) is 9.47 Å². The van der Waals surface area contributed by atoms with E-state index in [0.29, 0.717) is 30.0 Å². The van der Waals surface area contributed by atoms with Gasteiger partial charge >= 0.3 is 0 Å². The molecule has 1 fully saturated rings. The van der Waals surface area contributed by atoms with Crippen LogP contribution in [0.4, 0.5) is 8.78 Å². The largest absolute Gasteiger partial charge is 0.341 e. The molecule has 2 heterocycles. The Morgan fingerprint density at radius 2 is 1.96 bits per heavy atom. The van der Waals surface area contributed by atoms with Crippen molar-refractivity contribution in [3.63, 3.8) is 0 Å². The second-order valence-corrected chi connectivity index (χ2v) is 5.93. The van der Waals surface area contributed by atoms with E-state index in [9.17, 15) is 8.78 Å². The van der Waals surface area contributed by atoms with Crippen molar-refractivity contribution in [2.24, 2.45) is 5.92 Å². The fourth-order valence-corrected chi connectivity index (χ4v) is 2.48. The van der Waals surface area contributed by atoms with Gasteiger partial charge in [0.15, 0.2) is 11.6 Å². The lowest BCUT2D eigenvalue weighted by atomic mass is 10.1. The molecule has 1 aliphatic rings. The fourth-order valence-electron chi connectivity index (χ4n) is 2.48. The quantitative estimate of drug-likeness (QED) is 0.606. The van der Waals surface area contributed by atoms with Crippen molar-refractivity contribution < 1.29 is 18.3 Å². The molecule has 2 aromatic rings. The molecule has 1 aliphatic heterocycles. The average Bonchev–Trinajstić information content (AvgIpc) is 2.68. The lowest BCUT2D eigenvalue weighted by Crippen LogP contribution is -2.30. The van der Waals surface area contributed by atoms with E-state index in [1.165, 1.54) is 6.07 Å². The summed E-state index contributed by atoms with van der Waals surface area (Å²) in [6.45, 7) is 3.26. The molecule has 3 nitrogen and oxygen atoms in total. The molecule has 0 radical (unpaired) electrons. The maximum absolute atomic E-state index is 13.3. The molecule has 26 heavy (non-hydrogen) atoms. The minimum Gasteiger partial charge on any atom is -0.341 e. The third kappa shape index (κ3) is 4.75. The van der Waals surface area contributed by atoms with Crippen LogP contribution in [0.2, 0.25) is 0 Å². The molecule has 0 aliphatic carbocycles. The Balaban J connectivity index is 1.61. The van der Waals surface area contributed by atoms with Crippen LogP contribution in [0.25, 0.3) is 11.3 Å². The zero-order valence-corrected chi connectivity index (χ0v) is 14.4. The molecule has 0 saturated carbocycles. The average molecular weight is 355 g/mol. The second-order valence-electron chi connectivity index (χ2n) is 5.93. The van der Waals surface area contributed by atoms with Gasteiger partial charge in [0.1, 0.15) is 0 Å². The van der Waals surface area contributed by atoms with Crippen molar-refractivity contribution in [2.45, 2.75) is 19.6 Å². The Morgan fingerprint density at radius 3 is 2.62 bits per heavy atom. The van der Waals surface area contributed by atoms with Gasteiger partial charge in [-0.3, -0.25) is 4.98 Å². The van der Waals surface area contributed by atoms with Crippen molar-refractivity contribution in [3.05, 3.63) is 65.9 Å². The first-order valence-corrected chi connectivity index (χ1v) is 8.48. The molecule has 1 aromatic carbocycles. The van der Waals surface area contributed by atoms with Gasteiger partial charge in [-0.2, -0.15) is 0 Å². The molecule has 0 atom stereocenters. The van der Waals surface area contributed by atoms with Crippen LogP contribution in [0.1, 0.15) is 18.9 Å². The Labute approximate surface area is 151 Å². The van der Waals surface area contributed by atoms with Gasteiger partial charge in [-0.15, -0.1) is 0 Å². The van der Waals surface area contributed by atoms with Gasteiger partial charge in [0.05, 0.1) is 18.9 Å². The van der Waals surface area contributed by atoms with E-state index in [0.717, 1.165) is 18.6 Å². The first kappa shape index (κ1) is 18.2. The molecule has 0 spiro atoms. The first-order valence-electron chi connectivity index (χ1n) is 8.48. The summed E-state index contributed by atoms with van der Waals surface area (Å²) in [5.41, 5.74) is 1.75. The zero-order chi connectivity index (χ0) is 18.4. The minimum absolute atomic E-state index is 0.269. The molecule has 134 valence electrons. The van der Waals surface area contributed by atoms with Crippen molar-refractivity contribution in [1.29, 1.82) is 0 Å². The summed E-state index contributed by atoms with van der Waals surface area (Å²) >= 11 is 0. The van der Waals surface area contributed by atoms with Crippen LogP contribution in [0, 0.1) is 29.4 Å². The third-order valence-corrected chi connectivity index (χ3v) is 3.88. The predicted molar refractivity (Wildman–Crippen MR) is 95.1 cm³/mol. The van der Waals surface area contributed by atoms with Crippen LogP contribution < -0.4 is 0 Å². The molecule has 0 bridgehead atoms. The number of ether oxygens (including phenoxy) is 2. The van der Waals surface area contributed by atoms with Gasteiger partial charge in [0.2, 0.25) is 6.29 Å². The molecule has 5 heteroatoms. The maximum Gasteiger partial charge on any atom is 0.222 e. The topological polar surface area (TPSA) is 31.4 Å². The van der Waals surface area contributed by atoms with Crippen molar-refractivity contribution in [2.75, 3.05) is 13.2 Å². The minimum atomic E-state index is -0.896. The highest BCUT2D eigenvalue weighted by Crippen LogP contribution is 2.19. The number of rotatable bonds is 3. The van der Waals surface area contributed by atoms with Crippen molar-refractivity contribution in [3.8, 4) is 23.1 Å². The number of aromatic nitrogens is 1. The highest BCUT2D eigenvalue weighted by Gasteiger charge is 2.18. The van der Waals surface area contributed by atoms with E-state index in [1.807, 2.05) is 0 Å². The van der Waals surface area contributed by atoms with E-state index in [4.69, 9.17) is 9.47 Å². The summed E-state index contributed by atoms with van der Waals surface area (Å²) in [4.78, 5) is 4.25. The standard InChI is InChI=1S/C21H19F2NO2/c1-2-3-4-16-13-25-21(26-14-16)10-6-15-5-9-20(24-12-15)17-7-8-18(22)19(23)11-17/h3-5,7-9,11-12,16,21H,2,13-14H2,1H3/b4-3+/t16-,21-. The SMILES string of the molecule is CC/C=C/[C@H]1CO[C@H](C#Cc2ccc(-c3ccc(F)c(F)c3)nc2)OC1. The normalized spacial score (nSPS) is 20.0. The molecule has 0 unspecified atom stereocenters. The smallest absolute Gasteiger partial charge is 0.222 e. The van der Waals surface area contributed by atoms with E-state index in [-0.39, 0.29) is 5.92 Å². The molecule has 1 aromatic heterocycles. The van der Waals surface area contributed by atoms with Crippen molar-refractivity contribution in [1.82, 2.24) is 4.98 Å². The number of hydrogen-bond acceptors (Lipinski definition) is 3. The summed E-state index contributed by atoms with van der Waals surface area (Å²) in [7, 11) is 0. The van der Waals surface area contributed by atoms with Crippen molar-refractivity contribution >= 4 is 0 Å². The van der Waals surface area contributed by atoms with Crippen LogP contribution in [0.15, 0.2) is 48.7 Å². The van der Waals surface area contributed by atoms with Crippen LogP contribution >= 0.6 is 0 Å². The molecule has 3 rings (SSSR count). The second kappa shape index (κ2) is 8.70. The van der Waals surface area contributed by atoms with Gasteiger partial charge < -0.3 is 9.47 Å². The van der Waals surface area contributed by atoms with E-state index in [1.54, 1.807) is 18.3 Å². The monoisotopic (exact) mass is 355 g/mol. The molecular weight excluding hydrogens is 336 g/mol. The van der Waals surface area contributed by atoms with Gasteiger partial charge in [-0.1, -0.05) is 25.0 Å². The molecule has 0 N–H and O–H groups in total. The number of pyridine rings is 1. The third-order valence-electron chi connectivity index (χ3n) is 3.88. The Bertz CT molecular complexity index is 829. The molecule has 1 saturated heterocycles. The van der Waals surface area contributed by atoms with E-state index in [2.05, 4.69) is 35.9 Å². The maximum atomic E-state index is 13.3. The van der Waals surface area contributed by atoms with Gasteiger partial charge in [0.25, 0.3) is 0 Å². The van der Waals surface area contributed by atoms with E-state index < -0.39 is 17.9 Å². The zero-order valence-electron chi connectivity index (χ0n) is 14.4. The summed E-state index contributed by atoms with van der Waals surface area (Å²) in [5.74, 6) is 4.37. The highest BCUT2D eigenvalue weighted by molar-refractivity contribution is 5.59. The van der Waals surface area contributed by atoms with Gasteiger partial charge in [-0.05, 0) is 42.7 Å². The summed E-state index contributed by atoms with van der Waals surface area (Å²) in [5, 5.41) is 0. The van der Waals surface area contributed by atoms with E-state index >= 15 is 0 Å². The van der Waals surface area contributed by atoms with Crippen LogP contribution in [-0.4, -0.2) is 24.5 Å². The number of allylic oxidation sites excluding steroid dienone is 1. The Kier molecular flexibility index (Phi) is 6.11. The van der Waals surface area contributed by atoms with Crippen LogP contribution in [0.3, 0.4) is 0 Å². The van der Waals surface area contributed by atoms with Gasteiger partial charge in [-0.25, -0.2) is 8.78 Å². The first-order chi connectivity index (χ1) is 12.7. The summed E-state index contributed by atoms with van der Waals surface area (Å²) in [6, 6.07) is 7.17. The fraction of sp³-hybridized carbons (Fsp3) is 0.286. The number of nitrogens with zero attached hydrogens (tertiary/aromatic N) is 1. The Morgan fingerprint density at radius 1 is 1.15 bits per heavy atom. The summed E-state index contributed by atoms with van der Waals surface area (Å²) in [6.07, 6.45) is 6.23. The number of halogens is 2. The van der Waals surface area contributed by atoms with Crippen LogP contribution in [0.5, 0.6) is 0 Å². The lowest BCUT2D eigenvalue weighted by Gasteiger charge is -2.24. The lowest BCUT2D eigenvalue weighted by molar-refractivity contribution is -0.160. The Hall–Kier alpha value is -2.55. The highest BCUT2D eigenvalue weighted by atomic mass is 19.2. The number of benzene rings is 1. The summed E-state index contributed by atoms with van der Waals surface area (Å²) < 4.78 is 37.5. The number of hydrogen-bond donors (Lipinski definition) is 0. The predicted octanol–water partition coefficient (Wildman–Crippen LogP) is 4.33. The molecule has 0 amide bonds.